The zero-order valence-corrected chi connectivity index (χ0v) is 18.1. The summed E-state index contributed by atoms with van der Waals surface area (Å²) in [5.74, 6) is 0. The zero-order valence-electron chi connectivity index (χ0n) is 14.6. The number of hydrogen-bond donors (Lipinski definition) is 6. The molecule has 1 aromatic heterocycles. The summed E-state index contributed by atoms with van der Waals surface area (Å²) in [6.07, 6.45) is -5.03. The number of nitrogens with zero attached hydrogens (tertiary/aromatic N) is 2. The molecule has 2 rings (SSSR count). The molecule has 31 heavy (non-hydrogen) atoms. The molecule has 0 aromatic carbocycles. The first kappa shape index (κ1) is 26.4. The molecular formula is C9H14ClFN3O14P3. The van der Waals surface area contributed by atoms with Crippen LogP contribution in [-0.4, -0.2) is 69.8 Å². The van der Waals surface area contributed by atoms with Crippen molar-refractivity contribution < 1.29 is 60.6 Å². The van der Waals surface area contributed by atoms with Crippen LogP contribution >= 0.6 is 35.1 Å². The Morgan fingerprint density at radius 3 is 2.35 bits per heavy atom. The minimum Gasteiger partial charge on any atom is -0.388 e. The lowest BCUT2D eigenvalue weighted by Crippen LogP contribution is -2.47. The monoisotopic (exact) mass is 535 g/mol. The first-order valence-electron chi connectivity index (χ1n) is 7.54. The van der Waals surface area contributed by atoms with Gasteiger partial charge in [0.15, 0.2) is 6.23 Å². The van der Waals surface area contributed by atoms with E-state index in [1.165, 1.54) is 0 Å². The van der Waals surface area contributed by atoms with Gasteiger partial charge in [-0.05, 0) is 0 Å². The van der Waals surface area contributed by atoms with Crippen LogP contribution in [0.15, 0.2) is 15.8 Å². The number of aliphatic hydroxyl groups is 1. The van der Waals surface area contributed by atoms with Gasteiger partial charge in [0.1, 0.15) is 30.0 Å². The molecule has 0 spiro atoms. The molecule has 3 unspecified atom stereocenters. The topological polar surface area (TPSA) is 257 Å². The molecule has 0 amide bonds. The van der Waals surface area contributed by atoms with E-state index >= 15 is 0 Å². The summed E-state index contributed by atoms with van der Waals surface area (Å²) in [6, 6.07) is 0. The lowest BCUT2D eigenvalue weighted by Gasteiger charge is -2.26. The van der Waals surface area contributed by atoms with Crippen LogP contribution in [0.3, 0.4) is 0 Å². The number of aromatic amines is 1. The Morgan fingerprint density at radius 1 is 1.23 bits per heavy atom. The number of rotatable bonds is 9. The fourth-order valence-corrected chi connectivity index (χ4v) is 5.66. The van der Waals surface area contributed by atoms with Gasteiger partial charge in [-0.2, -0.15) is 18.4 Å². The lowest BCUT2D eigenvalue weighted by molar-refractivity contribution is -0.0520. The van der Waals surface area contributed by atoms with Crippen molar-refractivity contribution in [3.8, 4) is 0 Å². The van der Waals surface area contributed by atoms with Crippen molar-refractivity contribution in [3.05, 3.63) is 27.0 Å². The van der Waals surface area contributed by atoms with E-state index in [0.717, 1.165) is 0 Å². The first-order valence-corrected chi connectivity index (χ1v) is 12.4. The number of halogens is 2. The third-order valence-corrected chi connectivity index (χ3v) is 7.85. The molecular weight excluding hydrogens is 521 g/mol. The molecule has 22 heteroatoms. The fraction of sp³-hybridized carbons (Fsp3) is 0.667. The molecule has 17 nitrogen and oxygen atoms in total. The number of ether oxygens (including phenoxy) is 1. The van der Waals surface area contributed by atoms with Crippen molar-refractivity contribution in [1.82, 2.24) is 14.8 Å². The van der Waals surface area contributed by atoms with E-state index in [-0.39, 0.29) is 0 Å². The van der Waals surface area contributed by atoms with E-state index in [1.807, 2.05) is 0 Å². The number of aliphatic hydroxyl groups excluding tert-OH is 1. The van der Waals surface area contributed by atoms with E-state index in [2.05, 4.69) is 18.2 Å². The molecule has 0 bridgehead atoms. The highest BCUT2D eigenvalue weighted by molar-refractivity contribution is 7.66. The molecule has 1 saturated heterocycles. The molecule has 1 fully saturated rings. The van der Waals surface area contributed by atoms with Gasteiger partial charge < -0.3 is 29.4 Å². The Bertz CT molecular complexity index is 1070. The summed E-state index contributed by atoms with van der Waals surface area (Å²) in [4.78, 5) is 57.8. The Morgan fingerprint density at radius 2 is 1.84 bits per heavy atom. The number of aromatic nitrogens is 3. The maximum atomic E-state index is 13.6. The van der Waals surface area contributed by atoms with Crippen molar-refractivity contribution >= 4 is 35.1 Å². The minimum atomic E-state index is -5.79. The average Bonchev–Trinajstić information content (AvgIpc) is 2.82. The zero-order chi connectivity index (χ0) is 23.8. The predicted octanol–water partition coefficient (Wildman–Crippen LogP) is -1.52. The normalized spacial score (nSPS) is 30.6. The van der Waals surface area contributed by atoms with E-state index in [9.17, 15) is 37.7 Å². The average molecular weight is 536 g/mol. The van der Waals surface area contributed by atoms with Crippen LogP contribution in [0.2, 0.25) is 0 Å². The number of phosphoric acid groups is 3. The van der Waals surface area contributed by atoms with E-state index in [0.29, 0.717) is 10.9 Å². The van der Waals surface area contributed by atoms with Crippen molar-refractivity contribution in [1.29, 1.82) is 0 Å². The van der Waals surface area contributed by atoms with E-state index in [1.54, 1.807) is 4.98 Å². The second-order valence-corrected chi connectivity index (χ2v) is 10.9. The highest BCUT2D eigenvalue weighted by Gasteiger charge is 2.58. The molecule has 2 heterocycles. The Hall–Kier alpha value is -0.840. The van der Waals surface area contributed by atoms with Crippen LogP contribution in [0.5, 0.6) is 0 Å². The molecule has 0 saturated carbocycles. The molecule has 178 valence electrons. The number of H-pyrrole nitrogens is 1. The largest absolute Gasteiger partial charge is 0.490 e. The van der Waals surface area contributed by atoms with Crippen LogP contribution in [-0.2, 0) is 31.6 Å². The predicted molar refractivity (Wildman–Crippen MR) is 93.4 cm³/mol. The molecule has 0 aliphatic carbocycles. The van der Waals surface area contributed by atoms with Crippen molar-refractivity contribution in [2.75, 3.05) is 13.3 Å². The van der Waals surface area contributed by atoms with Crippen molar-refractivity contribution in [3.63, 3.8) is 0 Å². The van der Waals surface area contributed by atoms with Crippen LogP contribution in [0.4, 0.5) is 4.39 Å². The number of alkyl halides is 2. The summed E-state index contributed by atoms with van der Waals surface area (Å²) in [6.45, 7) is -2.70. The van der Waals surface area contributed by atoms with Gasteiger partial charge in [-0.1, -0.05) is 0 Å². The number of phosphoric ester groups is 1. The molecule has 1 aliphatic rings. The molecule has 6 N–H and O–H groups in total. The highest BCUT2D eigenvalue weighted by atomic mass is 35.5. The van der Waals surface area contributed by atoms with Gasteiger partial charge in [0.05, 0.1) is 6.61 Å². The van der Waals surface area contributed by atoms with Crippen LogP contribution in [0.1, 0.15) is 6.23 Å². The Labute approximate surface area is 174 Å². The maximum Gasteiger partial charge on any atom is 0.490 e. The van der Waals surface area contributed by atoms with Gasteiger partial charge in [0.25, 0.3) is 5.56 Å². The number of nitrogens with one attached hydrogen (secondary N) is 1. The van der Waals surface area contributed by atoms with Crippen molar-refractivity contribution in [2.24, 2.45) is 0 Å². The fourth-order valence-electron chi connectivity index (χ4n) is 2.34. The van der Waals surface area contributed by atoms with Gasteiger partial charge in [-0.3, -0.25) is 14.3 Å². The van der Waals surface area contributed by atoms with E-state index in [4.69, 9.17) is 31.0 Å². The number of hydrogen-bond acceptors (Lipinski definition) is 11. The third-order valence-electron chi connectivity index (χ3n) is 3.54. The summed E-state index contributed by atoms with van der Waals surface area (Å²) in [5, 5.41) is 13.6. The summed E-state index contributed by atoms with van der Waals surface area (Å²) in [7, 11) is -17.0. The van der Waals surface area contributed by atoms with Gasteiger partial charge in [0.2, 0.25) is 0 Å². The Kier molecular flexibility index (Phi) is 7.83. The lowest BCUT2D eigenvalue weighted by atomic mass is 10.0. The second-order valence-electron chi connectivity index (χ2n) is 5.80. The SMILES string of the molecule is O=c1cnn([C@@H]2O[C@H](COP(=O)(O)OP(=O)(O)OP(=O)(O)O)[C@H](O)C2(Cl)CF)c(=O)[nH]1. The summed E-state index contributed by atoms with van der Waals surface area (Å²) >= 11 is 5.99. The van der Waals surface area contributed by atoms with Gasteiger partial charge in [-0.25, -0.2) is 22.9 Å². The van der Waals surface area contributed by atoms with Gasteiger partial charge in [0, 0.05) is 0 Å². The van der Waals surface area contributed by atoms with Crippen LogP contribution < -0.4 is 11.2 Å². The van der Waals surface area contributed by atoms with Crippen molar-refractivity contribution in [2.45, 2.75) is 23.3 Å². The molecule has 1 aromatic rings. The van der Waals surface area contributed by atoms with Crippen LogP contribution in [0, 0.1) is 0 Å². The van der Waals surface area contributed by atoms with Gasteiger partial charge >= 0.3 is 29.2 Å². The standard InChI is InChI=1S/C9H14ClFN3O14P3/c10-9(3-11)6(16)4(26-7(9)14-8(17)13-5(15)1-12-14)2-25-30(21,22)28-31(23,24)27-29(18,19)20/h1,4,6-7,16H,2-3H2,(H,21,22)(H,23,24)(H,13,15,17)(H2,18,19,20)/t4-,6+,7-,9?/m1/s1. The molecule has 1 aliphatic heterocycles. The third kappa shape index (κ3) is 6.58. The molecule has 0 radical (unpaired) electrons. The first-order chi connectivity index (χ1) is 14.0. The Balaban J connectivity index is 2.18. The molecule has 6 atom stereocenters. The van der Waals surface area contributed by atoms with E-state index < -0.39 is 71.3 Å². The van der Waals surface area contributed by atoms with Crippen LogP contribution in [0.25, 0.3) is 0 Å². The maximum absolute atomic E-state index is 13.6. The minimum absolute atomic E-state index is 0.377. The summed E-state index contributed by atoms with van der Waals surface area (Å²) < 4.78 is 64.0. The quantitative estimate of drug-likeness (QED) is 0.155. The smallest absolute Gasteiger partial charge is 0.388 e. The second kappa shape index (κ2) is 9.19. The van der Waals surface area contributed by atoms with Gasteiger partial charge in [-0.15, -0.1) is 11.6 Å². The summed E-state index contributed by atoms with van der Waals surface area (Å²) in [5.41, 5.74) is -2.11. The highest BCUT2D eigenvalue weighted by Crippen LogP contribution is 2.66.